The number of pyridine rings is 1. The minimum atomic E-state index is -0.109. The SMILES string of the molecule is C#N.Cc1cc(-c2sc(NC(=O)N3CCCC3)nc2-c2cccc(C#N)c2)cc(C)n1. The first-order valence-electron chi connectivity index (χ1n) is 9.82. The summed E-state index contributed by atoms with van der Waals surface area (Å²) in [5, 5.41) is 19.3. The average Bonchev–Trinajstić information content (AvgIpc) is 3.45. The highest BCUT2D eigenvalue weighted by Gasteiger charge is 2.21. The molecule has 1 fully saturated rings. The summed E-state index contributed by atoms with van der Waals surface area (Å²) in [5.41, 5.74) is 5.04. The zero-order valence-corrected chi connectivity index (χ0v) is 18.2. The molecule has 0 radical (unpaired) electrons. The van der Waals surface area contributed by atoms with Crippen molar-refractivity contribution >= 4 is 22.5 Å². The zero-order chi connectivity index (χ0) is 22.4. The molecule has 1 aromatic carbocycles. The van der Waals surface area contributed by atoms with Crippen LogP contribution in [-0.2, 0) is 0 Å². The number of anilines is 1. The molecule has 3 heterocycles. The van der Waals surface area contributed by atoms with Gasteiger partial charge >= 0.3 is 6.03 Å². The summed E-state index contributed by atoms with van der Waals surface area (Å²) in [5.74, 6) is 0. The number of nitriles is 2. The summed E-state index contributed by atoms with van der Waals surface area (Å²) in [6.45, 7) is 8.99. The molecular formula is C23H22N6OS. The molecule has 0 saturated carbocycles. The zero-order valence-electron chi connectivity index (χ0n) is 17.4. The summed E-state index contributed by atoms with van der Waals surface area (Å²) < 4.78 is 0. The van der Waals surface area contributed by atoms with Gasteiger partial charge in [0.05, 0.1) is 22.2 Å². The Morgan fingerprint density at radius 1 is 1.10 bits per heavy atom. The van der Waals surface area contributed by atoms with E-state index in [4.69, 9.17) is 10.2 Å². The van der Waals surface area contributed by atoms with Crippen LogP contribution in [0.1, 0.15) is 29.8 Å². The summed E-state index contributed by atoms with van der Waals surface area (Å²) in [6, 6.07) is 13.5. The highest BCUT2D eigenvalue weighted by Crippen LogP contribution is 2.39. The average molecular weight is 431 g/mol. The first kappa shape index (κ1) is 21.9. The maximum atomic E-state index is 12.5. The van der Waals surface area contributed by atoms with Gasteiger partial charge < -0.3 is 4.90 Å². The minimum Gasteiger partial charge on any atom is -0.324 e. The Morgan fingerprint density at radius 2 is 1.77 bits per heavy atom. The van der Waals surface area contributed by atoms with Crippen LogP contribution in [0, 0.1) is 37.0 Å². The normalized spacial score (nSPS) is 12.5. The van der Waals surface area contributed by atoms with Gasteiger partial charge in [-0.15, -0.1) is 0 Å². The number of carbonyl (C=O) groups excluding carboxylic acids is 1. The molecule has 0 aliphatic carbocycles. The number of hydrogen-bond donors (Lipinski definition) is 1. The third kappa shape index (κ3) is 5.06. The van der Waals surface area contributed by atoms with Crippen LogP contribution in [0.15, 0.2) is 36.4 Å². The second-order valence-corrected chi connectivity index (χ2v) is 8.15. The number of nitrogens with zero attached hydrogens (tertiary/aromatic N) is 5. The standard InChI is InChI=1S/C22H21N5OS.CHN/c1-14-10-18(11-15(2)24-14)20-19(17-7-5-6-16(12-17)13-23)25-21(29-20)26-22(28)27-8-3-4-9-27;1-2/h5-7,10-12H,3-4,8-9H2,1-2H3,(H,25,26,28);1H. The molecule has 1 N–H and O–H groups in total. The number of aromatic nitrogens is 2. The van der Waals surface area contributed by atoms with Crippen molar-refractivity contribution in [1.29, 1.82) is 10.5 Å². The van der Waals surface area contributed by atoms with Gasteiger partial charge in [-0.2, -0.15) is 5.26 Å². The van der Waals surface area contributed by atoms with Crippen LogP contribution in [0.2, 0.25) is 0 Å². The van der Waals surface area contributed by atoms with Gasteiger partial charge in [-0.25, -0.2) is 15.0 Å². The van der Waals surface area contributed by atoms with Crippen molar-refractivity contribution in [1.82, 2.24) is 14.9 Å². The third-order valence-corrected chi connectivity index (χ3v) is 5.86. The highest BCUT2D eigenvalue weighted by molar-refractivity contribution is 7.19. The maximum absolute atomic E-state index is 12.5. The number of urea groups is 1. The second kappa shape index (κ2) is 9.84. The van der Waals surface area contributed by atoms with E-state index in [0.717, 1.165) is 59.0 Å². The van der Waals surface area contributed by atoms with Gasteiger partial charge in [-0.1, -0.05) is 23.5 Å². The molecule has 7 nitrogen and oxygen atoms in total. The van der Waals surface area contributed by atoms with Crippen LogP contribution in [0.3, 0.4) is 0 Å². The van der Waals surface area contributed by atoms with Crippen molar-refractivity contribution in [2.45, 2.75) is 26.7 Å². The van der Waals surface area contributed by atoms with E-state index in [1.54, 1.807) is 6.07 Å². The molecule has 4 rings (SSSR count). The Kier molecular flexibility index (Phi) is 6.96. The van der Waals surface area contributed by atoms with Crippen LogP contribution in [-0.4, -0.2) is 34.0 Å². The molecule has 2 amide bonds. The van der Waals surface area contributed by atoms with E-state index in [0.29, 0.717) is 10.7 Å². The lowest BCUT2D eigenvalue weighted by molar-refractivity contribution is 0.222. The van der Waals surface area contributed by atoms with Crippen molar-refractivity contribution in [2.24, 2.45) is 0 Å². The number of rotatable bonds is 3. The molecular weight excluding hydrogens is 408 g/mol. The van der Waals surface area contributed by atoms with Gasteiger partial charge in [0.25, 0.3) is 0 Å². The molecule has 156 valence electrons. The van der Waals surface area contributed by atoms with Crippen LogP contribution < -0.4 is 5.32 Å². The number of thiazole rings is 1. The smallest absolute Gasteiger partial charge is 0.323 e. The van der Waals surface area contributed by atoms with E-state index in [9.17, 15) is 10.1 Å². The molecule has 1 aliphatic heterocycles. The van der Waals surface area contributed by atoms with Crippen molar-refractivity contribution in [3.63, 3.8) is 0 Å². The lowest BCUT2D eigenvalue weighted by atomic mass is 10.0. The Labute approximate surface area is 185 Å². The topological polar surface area (TPSA) is 106 Å². The number of nitrogens with one attached hydrogen (secondary N) is 1. The van der Waals surface area contributed by atoms with E-state index < -0.39 is 0 Å². The first-order chi connectivity index (χ1) is 15.0. The number of benzene rings is 1. The molecule has 1 aliphatic rings. The maximum Gasteiger partial charge on any atom is 0.323 e. The number of aryl methyl sites for hydroxylation is 2. The molecule has 0 spiro atoms. The molecule has 31 heavy (non-hydrogen) atoms. The Morgan fingerprint density at radius 3 is 2.42 bits per heavy atom. The number of amides is 2. The molecule has 2 aromatic heterocycles. The van der Waals surface area contributed by atoms with Gasteiger partial charge in [-0.05, 0) is 56.5 Å². The van der Waals surface area contributed by atoms with Crippen LogP contribution in [0.25, 0.3) is 21.7 Å². The quantitative estimate of drug-likeness (QED) is 0.620. The summed E-state index contributed by atoms with van der Waals surface area (Å²) in [7, 11) is 0. The monoisotopic (exact) mass is 430 g/mol. The fourth-order valence-electron chi connectivity index (χ4n) is 3.56. The van der Waals surface area contributed by atoms with E-state index in [1.165, 1.54) is 11.3 Å². The number of likely N-dealkylation sites (tertiary alicyclic amines) is 1. The van der Waals surface area contributed by atoms with Crippen LogP contribution >= 0.6 is 11.3 Å². The predicted molar refractivity (Wildman–Crippen MR) is 121 cm³/mol. The lowest BCUT2D eigenvalue weighted by Gasteiger charge is -2.14. The van der Waals surface area contributed by atoms with Crippen molar-refractivity contribution in [3.05, 3.63) is 53.3 Å². The number of carbonyl (C=O) groups is 1. The highest BCUT2D eigenvalue weighted by atomic mass is 32.1. The lowest BCUT2D eigenvalue weighted by Crippen LogP contribution is -2.32. The van der Waals surface area contributed by atoms with E-state index in [-0.39, 0.29) is 6.03 Å². The minimum absolute atomic E-state index is 0.109. The van der Waals surface area contributed by atoms with Crippen molar-refractivity contribution in [3.8, 4) is 34.3 Å². The van der Waals surface area contributed by atoms with Gasteiger partial charge in [-0.3, -0.25) is 10.3 Å². The van der Waals surface area contributed by atoms with E-state index in [2.05, 4.69) is 22.9 Å². The Hall–Kier alpha value is -3.75. The van der Waals surface area contributed by atoms with E-state index >= 15 is 0 Å². The Balaban J connectivity index is 0.00000132. The molecule has 1 saturated heterocycles. The van der Waals surface area contributed by atoms with Gasteiger partial charge in [0.15, 0.2) is 5.13 Å². The predicted octanol–water partition coefficient (Wildman–Crippen LogP) is 5.13. The second-order valence-electron chi connectivity index (χ2n) is 7.15. The van der Waals surface area contributed by atoms with E-state index in [1.807, 2.05) is 49.1 Å². The van der Waals surface area contributed by atoms with Gasteiger partial charge in [0.2, 0.25) is 0 Å². The van der Waals surface area contributed by atoms with Gasteiger partial charge in [0.1, 0.15) is 0 Å². The first-order valence-corrected chi connectivity index (χ1v) is 10.6. The Bertz CT molecular complexity index is 1130. The molecule has 0 bridgehead atoms. The van der Waals surface area contributed by atoms with Crippen molar-refractivity contribution < 1.29 is 4.79 Å². The van der Waals surface area contributed by atoms with Crippen molar-refractivity contribution in [2.75, 3.05) is 18.4 Å². The fraction of sp³-hybridized carbons (Fsp3) is 0.261. The van der Waals surface area contributed by atoms with Crippen LogP contribution in [0.4, 0.5) is 9.93 Å². The summed E-state index contributed by atoms with van der Waals surface area (Å²) >= 11 is 1.45. The summed E-state index contributed by atoms with van der Waals surface area (Å²) in [6.07, 6.45) is 2.08. The molecule has 0 atom stereocenters. The molecule has 3 aromatic rings. The fourth-order valence-corrected chi connectivity index (χ4v) is 4.52. The largest absolute Gasteiger partial charge is 0.324 e. The summed E-state index contributed by atoms with van der Waals surface area (Å²) in [4.78, 5) is 24.5. The third-order valence-electron chi connectivity index (χ3n) is 4.84. The van der Waals surface area contributed by atoms with Crippen LogP contribution in [0.5, 0.6) is 0 Å². The van der Waals surface area contributed by atoms with Gasteiger partial charge in [0, 0.05) is 36.6 Å². The molecule has 0 unspecified atom stereocenters. The number of hydrogen-bond acceptors (Lipinski definition) is 6. The molecule has 8 heteroatoms.